The summed E-state index contributed by atoms with van der Waals surface area (Å²) >= 11 is 0. The number of halogens is 1. The summed E-state index contributed by atoms with van der Waals surface area (Å²) in [5, 5.41) is 6.82. The molecule has 0 spiro atoms. The van der Waals surface area contributed by atoms with E-state index in [9.17, 15) is 4.79 Å². The zero-order chi connectivity index (χ0) is 22.8. The minimum absolute atomic E-state index is 0. The molecule has 1 aliphatic rings. The molecule has 7 heteroatoms. The summed E-state index contributed by atoms with van der Waals surface area (Å²) in [5.41, 5.74) is 4.50. The van der Waals surface area contributed by atoms with Gasteiger partial charge in [-0.1, -0.05) is 49.2 Å². The predicted octanol–water partition coefficient (Wildman–Crippen LogP) is 4.25. The third kappa shape index (κ3) is 8.62. The van der Waals surface area contributed by atoms with Crippen molar-refractivity contribution in [1.29, 1.82) is 0 Å². The average Bonchev–Trinajstić information content (AvgIpc) is 3.08. The molecule has 1 amide bonds. The molecule has 1 fully saturated rings. The number of carbonyl (C=O) groups excluding carboxylic acids is 1. The summed E-state index contributed by atoms with van der Waals surface area (Å²) in [5.74, 6) is 0.781. The Kier molecular flexibility index (Phi) is 11.7. The predicted molar refractivity (Wildman–Crippen MR) is 147 cm³/mol. The van der Waals surface area contributed by atoms with Crippen LogP contribution in [0.2, 0.25) is 0 Å². The van der Waals surface area contributed by atoms with Crippen molar-refractivity contribution in [3.8, 4) is 0 Å². The average molecular weight is 564 g/mol. The van der Waals surface area contributed by atoms with Gasteiger partial charge in [0.25, 0.3) is 5.91 Å². The molecule has 0 unspecified atom stereocenters. The van der Waals surface area contributed by atoms with Crippen molar-refractivity contribution >= 4 is 35.8 Å². The van der Waals surface area contributed by atoms with E-state index in [2.05, 4.69) is 44.8 Å². The SMILES string of the molecule is CN=C(NCc1ccc(C(=O)N(C)C)cc1)NCc1ccccc1CN1CCCCCC1.I. The Labute approximate surface area is 215 Å². The fourth-order valence-corrected chi connectivity index (χ4v) is 4.03. The van der Waals surface area contributed by atoms with Gasteiger partial charge in [0.15, 0.2) is 5.96 Å². The van der Waals surface area contributed by atoms with Crippen LogP contribution in [0.4, 0.5) is 0 Å². The van der Waals surface area contributed by atoms with Crippen molar-refractivity contribution in [2.24, 2.45) is 4.99 Å². The molecule has 1 aliphatic heterocycles. The molecular weight excluding hydrogens is 525 g/mol. The number of nitrogens with one attached hydrogen (secondary N) is 2. The van der Waals surface area contributed by atoms with Gasteiger partial charge in [-0.15, -0.1) is 24.0 Å². The van der Waals surface area contributed by atoms with E-state index in [-0.39, 0.29) is 29.9 Å². The van der Waals surface area contributed by atoms with E-state index < -0.39 is 0 Å². The lowest BCUT2D eigenvalue weighted by atomic mass is 10.1. The molecule has 0 atom stereocenters. The molecule has 33 heavy (non-hydrogen) atoms. The number of guanidine groups is 1. The van der Waals surface area contributed by atoms with Gasteiger partial charge in [0, 0.05) is 46.3 Å². The van der Waals surface area contributed by atoms with Crippen molar-refractivity contribution in [2.45, 2.75) is 45.3 Å². The highest BCUT2D eigenvalue weighted by Gasteiger charge is 2.12. The first-order chi connectivity index (χ1) is 15.6. The molecule has 3 rings (SSSR count). The van der Waals surface area contributed by atoms with Crippen molar-refractivity contribution in [3.05, 3.63) is 70.8 Å². The zero-order valence-corrected chi connectivity index (χ0v) is 22.5. The molecule has 1 heterocycles. The van der Waals surface area contributed by atoms with Gasteiger partial charge >= 0.3 is 0 Å². The molecule has 2 aromatic rings. The second-order valence-corrected chi connectivity index (χ2v) is 8.63. The topological polar surface area (TPSA) is 60.0 Å². The van der Waals surface area contributed by atoms with Crippen LogP contribution in [-0.2, 0) is 19.6 Å². The summed E-state index contributed by atoms with van der Waals surface area (Å²) in [4.78, 5) is 20.6. The number of benzene rings is 2. The molecule has 0 aliphatic carbocycles. The van der Waals surface area contributed by atoms with Crippen molar-refractivity contribution in [3.63, 3.8) is 0 Å². The molecule has 0 radical (unpaired) electrons. The Hall–Kier alpha value is -2.13. The third-order valence-electron chi connectivity index (χ3n) is 5.95. The normalized spacial score (nSPS) is 14.7. The van der Waals surface area contributed by atoms with E-state index in [0.29, 0.717) is 12.1 Å². The number of nitrogens with zero attached hydrogens (tertiary/aromatic N) is 3. The number of aliphatic imine (C=N–C) groups is 1. The van der Waals surface area contributed by atoms with Gasteiger partial charge < -0.3 is 15.5 Å². The van der Waals surface area contributed by atoms with Crippen LogP contribution in [-0.4, -0.2) is 55.9 Å². The molecule has 180 valence electrons. The lowest BCUT2D eigenvalue weighted by Gasteiger charge is -2.22. The van der Waals surface area contributed by atoms with E-state index in [1.165, 1.54) is 49.9 Å². The van der Waals surface area contributed by atoms with Gasteiger partial charge in [0.1, 0.15) is 0 Å². The summed E-state index contributed by atoms with van der Waals surface area (Å²) in [6, 6.07) is 16.4. The van der Waals surface area contributed by atoms with Crippen LogP contribution in [0, 0.1) is 0 Å². The number of carbonyl (C=O) groups is 1. The molecule has 0 aromatic heterocycles. The number of hydrogen-bond donors (Lipinski definition) is 2. The Morgan fingerprint density at radius 1 is 0.909 bits per heavy atom. The van der Waals surface area contributed by atoms with Gasteiger partial charge in [-0.25, -0.2) is 0 Å². The van der Waals surface area contributed by atoms with E-state index in [0.717, 1.165) is 24.6 Å². The Morgan fingerprint density at radius 3 is 2.12 bits per heavy atom. The standard InChI is InChI=1S/C26H37N5O.HI/c1-27-26(28-18-21-12-14-22(15-13-21)25(32)30(2)3)29-19-23-10-6-7-11-24(23)20-31-16-8-4-5-9-17-31;/h6-7,10-15H,4-5,8-9,16-20H2,1-3H3,(H2,27,28,29);1H. The van der Waals surface area contributed by atoms with Gasteiger partial charge in [-0.3, -0.25) is 14.7 Å². The maximum absolute atomic E-state index is 12.0. The first-order valence-corrected chi connectivity index (χ1v) is 11.6. The second kappa shape index (κ2) is 14.2. The fourth-order valence-electron chi connectivity index (χ4n) is 4.03. The van der Waals surface area contributed by atoms with E-state index in [4.69, 9.17) is 0 Å². The largest absolute Gasteiger partial charge is 0.352 e. The Balaban J connectivity index is 0.00000385. The minimum Gasteiger partial charge on any atom is -0.352 e. The number of amides is 1. The van der Waals surface area contributed by atoms with Gasteiger partial charge in [-0.2, -0.15) is 0 Å². The molecular formula is C26H38IN5O. The second-order valence-electron chi connectivity index (χ2n) is 8.63. The minimum atomic E-state index is 0. The zero-order valence-electron chi connectivity index (χ0n) is 20.1. The van der Waals surface area contributed by atoms with Crippen LogP contribution in [0.15, 0.2) is 53.5 Å². The number of likely N-dealkylation sites (tertiary alicyclic amines) is 1. The van der Waals surface area contributed by atoms with Gasteiger partial charge in [0.05, 0.1) is 0 Å². The van der Waals surface area contributed by atoms with Gasteiger partial charge in [0.2, 0.25) is 0 Å². The molecule has 6 nitrogen and oxygen atoms in total. The first kappa shape index (κ1) is 27.1. The highest BCUT2D eigenvalue weighted by Crippen LogP contribution is 2.16. The maximum Gasteiger partial charge on any atom is 0.253 e. The molecule has 0 saturated carbocycles. The first-order valence-electron chi connectivity index (χ1n) is 11.6. The number of hydrogen-bond acceptors (Lipinski definition) is 3. The monoisotopic (exact) mass is 563 g/mol. The Bertz CT molecular complexity index is 890. The van der Waals surface area contributed by atoms with Crippen molar-refractivity contribution in [1.82, 2.24) is 20.4 Å². The molecule has 0 bridgehead atoms. The van der Waals surface area contributed by atoms with Crippen LogP contribution < -0.4 is 10.6 Å². The highest BCUT2D eigenvalue weighted by molar-refractivity contribution is 14.0. The van der Waals surface area contributed by atoms with Crippen LogP contribution in [0.25, 0.3) is 0 Å². The summed E-state index contributed by atoms with van der Waals surface area (Å²) in [7, 11) is 5.32. The summed E-state index contributed by atoms with van der Waals surface area (Å²) in [6.45, 7) is 4.79. The van der Waals surface area contributed by atoms with Gasteiger partial charge in [-0.05, 0) is 54.8 Å². The van der Waals surface area contributed by atoms with E-state index >= 15 is 0 Å². The van der Waals surface area contributed by atoms with Crippen LogP contribution >= 0.6 is 24.0 Å². The third-order valence-corrected chi connectivity index (χ3v) is 5.95. The quantitative estimate of drug-likeness (QED) is 0.301. The lowest BCUT2D eigenvalue weighted by molar-refractivity contribution is 0.0827. The Morgan fingerprint density at radius 2 is 1.52 bits per heavy atom. The molecule has 2 aromatic carbocycles. The smallest absolute Gasteiger partial charge is 0.253 e. The lowest BCUT2D eigenvalue weighted by Crippen LogP contribution is -2.36. The summed E-state index contributed by atoms with van der Waals surface area (Å²) in [6.07, 6.45) is 5.33. The fraction of sp³-hybridized carbons (Fsp3) is 0.462. The number of rotatable bonds is 7. The van der Waals surface area contributed by atoms with Crippen molar-refractivity contribution in [2.75, 3.05) is 34.2 Å². The van der Waals surface area contributed by atoms with E-state index in [1.807, 2.05) is 24.3 Å². The highest BCUT2D eigenvalue weighted by atomic mass is 127. The summed E-state index contributed by atoms with van der Waals surface area (Å²) < 4.78 is 0. The van der Waals surface area contributed by atoms with Crippen LogP contribution in [0.3, 0.4) is 0 Å². The maximum atomic E-state index is 12.0. The van der Waals surface area contributed by atoms with Crippen LogP contribution in [0.1, 0.15) is 52.7 Å². The van der Waals surface area contributed by atoms with Crippen LogP contribution in [0.5, 0.6) is 0 Å². The molecule has 2 N–H and O–H groups in total. The molecule has 1 saturated heterocycles. The van der Waals surface area contributed by atoms with E-state index in [1.54, 1.807) is 26.0 Å². The van der Waals surface area contributed by atoms with Crippen molar-refractivity contribution < 1.29 is 4.79 Å².